The lowest BCUT2D eigenvalue weighted by atomic mass is 10.3. The SMILES string of the molecule is O=C(CNc1ccccc1Cl)N1CCCN(Cc2nc3ccccc3[nH]2)CC1. The number of anilines is 1. The number of para-hydroxylation sites is 3. The second-order valence-corrected chi connectivity index (χ2v) is 7.45. The summed E-state index contributed by atoms with van der Waals surface area (Å²) in [6.45, 7) is 4.33. The van der Waals surface area contributed by atoms with Gasteiger partial charge in [-0.15, -0.1) is 0 Å². The molecule has 1 aliphatic rings. The smallest absolute Gasteiger partial charge is 0.241 e. The van der Waals surface area contributed by atoms with Crippen LogP contribution in [0, 0.1) is 0 Å². The minimum atomic E-state index is 0.102. The fourth-order valence-electron chi connectivity index (χ4n) is 3.56. The van der Waals surface area contributed by atoms with Gasteiger partial charge < -0.3 is 15.2 Å². The van der Waals surface area contributed by atoms with Crippen LogP contribution in [0.5, 0.6) is 0 Å². The monoisotopic (exact) mass is 397 g/mol. The molecule has 146 valence electrons. The molecule has 7 heteroatoms. The molecule has 0 aliphatic carbocycles. The van der Waals surface area contributed by atoms with Crippen LogP contribution < -0.4 is 5.32 Å². The lowest BCUT2D eigenvalue weighted by Gasteiger charge is -2.22. The Morgan fingerprint density at radius 1 is 1.07 bits per heavy atom. The number of halogens is 1. The van der Waals surface area contributed by atoms with E-state index in [4.69, 9.17) is 11.6 Å². The molecule has 2 aromatic carbocycles. The summed E-state index contributed by atoms with van der Waals surface area (Å²) < 4.78 is 0. The Morgan fingerprint density at radius 2 is 1.89 bits per heavy atom. The van der Waals surface area contributed by atoms with Gasteiger partial charge in [0.15, 0.2) is 0 Å². The Hall–Kier alpha value is -2.57. The number of fused-ring (bicyclic) bond motifs is 1. The largest absolute Gasteiger partial charge is 0.375 e. The summed E-state index contributed by atoms with van der Waals surface area (Å²) in [5.41, 5.74) is 2.85. The van der Waals surface area contributed by atoms with Crippen LogP contribution >= 0.6 is 11.6 Å². The third-order valence-electron chi connectivity index (χ3n) is 5.06. The lowest BCUT2D eigenvalue weighted by Crippen LogP contribution is -2.38. The number of H-pyrrole nitrogens is 1. The van der Waals surface area contributed by atoms with Gasteiger partial charge in [-0.3, -0.25) is 9.69 Å². The fraction of sp³-hybridized carbons (Fsp3) is 0.333. The number of hydrogen-bond donors (Lipinski definition) is 2. The molecule has 1 aliphatic heterocycles. The van der Waals surface area contributed by atoms with Gasteiger partial charge in [-0.1, -0.05) is 35.9 Å². The third kappa shape index (κ3) is 4.46. The quantitative estimate of drug-likeness (QED) is 0.692. The first-order valence-electron chi connectivity index (χ1n) is 9.61. The Bertz CT molecular complexity index is 924. The van der Waals surface area contributed by atoms with Crippen LogP contribution in [-0.2, 0) is 11.3 Å². The van der Waals surface area contributed by atoms with Crippen LogP contribution in [0.25, 0.3) is 11.0 Å². The molecule has 2 N–H and O–H groups in total. The van der Waals surface area contributed by atoms with Gasteiger partial charge in [0, 0.05) is 26.2 Å². The number of amides is 1. The van der Waals surface area contributed by atoms with E-state index < -0.39 is 0 Å². The Labute approximate surface area is 169 Å². The highest BCUT2D eigenvalue weighted by atomic mass is 35.5. The zero-order valence-corrected chi connectivity index (χ0v) is 16.5. The topological polar surface area (TPSA) is 64.3 Å². The first-order valence-corrected chi connectivity index (χ1v) is 9.99. The lowest BCUT2D eigenvalue weighted by molar-refractivity contribution is -0.129. The van der Waals surface area contributed by atoms with Gasteiger partial charge in [0.1, 0.15) is 5.82 Å². The highest BCUT2D eigenvalue weighted by molar-refractivity contribution is 6.33. The third-order valence-corrected chi connectivity index (χ3v) is 5.39. The van der Waals surface area contributed by atoms with Crippen molar-refractivity contribution in [3.63, 3.8) is 0 Å². The molecule has 0 bridgehead atoms. The van der Waals surface area contributed by atoms with E-state index in [9.17, 15) is 4.79 Å². The number of carbonyl (C=O) groups is 1. The van der Waals surface area contributed by atoms with E-state index in [0.29, 0.717) is 5.02 Å². The number of imidazole rings is 1. The maximum Gasteiger partial charge on any atom is 0.241 e. The van der Waals surface area contributed by atoms with E-state index >= 15 is 0 Å². The number of aromatic amines is 1. The summed E-state index contributed by atoms with van der Waals surface area (Å²) in [6, 6.07) is 15.5. The second kappa shape index (κ2) is 8.63. The van der Waals surface area contributed by atoms with Gasteiger partial charge in [0.25, 0.3) is 0 Å². The fourth-order valence-corrected chi connectivity index (χ4v) is 3.76. The van der Waals surface area contributed by atoms with E-state index in [2.05, 4.69) is 20.2 Å². The number of benzene rings is 2. The maximum atomic E-state index is 12.6. The minimum absolute atomic E-state index is 0.102. The van der Waals surface area contributed by atoms with Crippen molar-refractivity contribution in [3.05, 3.63) is 59.4 Å². The van der Waals surface area contributed by atoms with E-state index in [1.165, 1.54) is 0 Å². The van der Waals surface area contributed by atoms with Crippen LogP contribution in [0.2, 0.25) is 5.02 Å². The first kappa shape index (κ1) is 18.8. The van der Waals surface area contributed by atoms with Crippen molar-refractivity contribution in [2.24, 2.45) is 0 Å². The van der Waals surface area contributed by atoms with Crippen LogP contribution in [0.1, 0.15) is 12.2 Å². The zero-order chi connectivity index (χ0) is 19.3. The summed E-state index contributed by atoms with van der Waals surface area (Å²) in [7, 11) is 0. The van der Waals surface area contributed by atoms with Gasteiger partial charge in [0.05, 0.1) is 34.8 Å². The molecular weight excluding hydrogens is 374 g/mol. The molecule has 28 heavy (non-hydrogen) atoms. The maximum absolute atomic E-state index is 12.6. The summed E-state index contributed by atoms with van der Waals surface area (Å²) >= 11 is 6.14. The van der Waals surface area contributed by atoms with E-state index in [-0.39, 0.29) is 12.5 Å². The molecule has 0 spiro atoms. The van der Waals surface area contributed by atoms with Gasteiger partial charge in [-0.05, 0) is 30.7 Å². The molecule has 1 saturated heterocycles. The van der Waals surface area contributed by atoms with Crippen molar-refractivity contribution in [2.45, 2.75) is 13.0 Å². The van der Waals surface area contributed by atoms with Crippen molar-refractivity contribution in [2.75, 3.05) is 38.0 Å². The molecule has 1 amide bonds. The zero-order valence-electron chi connectivity index (χ0n) is 15.7. The number of rotatable bonds is 5. The van der Waals surface area contributed by atoms with Gasteiger partial charge in [-0.2, -0.15) is 0 Å². The molecule has 1 fully saturated rings. The predicted molar refractivity (Wildman–Crippen MR) is 113 cm³/mol. The standard InChI is InChI=1S/C21H24ClN5O/c22-16-6-1-2-7-17(16)23-14-21(28)27-11-5-10-26(12-13-27)15-20-24-18-8-3-4-9-19(18)25-20/h1-4,6-9,23H,5,10-15H2,(H,24,25). The number of carbonyl (C=O) groups excluding carboxylic acids is 1. The van der Waals surface area contributed by atoms with Crippen molar-refractivity contribution >= 4 is 34.2 Å². The highest BCUT2D eigenvalue weighted by Gasteiger charge is 2.20. The summed E-state index contributed by atoms with van der Waals surface area (Å²) in [5.74, 6) is 1.08. The molecule has 2 heterocycles. The number of hydrogen-bond acceptors (Lipinski definition) is 4. The molecule has 0 unspecified atom stereocenters. The molecular formula is C21H24ClN5O. The summed E-state index contributed by atoms with van der Waals surface area (Å²) in [5, 5.41) is 3.77. The Balaban J connectivity index is 1.30. The molecule has 4 rings (SSSR count). The number of nitrogens with zero attached hydrogens (tertiary/aromatic N) is 3. The van der Waals surface area contributed by atoms with Crippen molar-refractivity contribution < 1.29 is 4.79 Å². The molecule has 3 aromatic rings. The van der Waals surface area contributed by atoms with Crippen LogP contribution in [-0.4, -0.2) is 58.4 Å². The molecule has 6 nitrogen and oxygen atoms in total. The normalized spacial score (nSPS) is 15.5. The van der Waals surface area contributed by atoms with Crippen molar-refractivity contribution in [1.29, 1.82) is 0 Å². The van der Waals surface area contributed by atoms with Crippen molar-refractivity contribution in [3.8, 4) is 0 Å². The van der Waals surface area contributed by atoms with Crippen molar-refractivity contribution in [1.82, 2.24) is 19.8 Å². The summed E-state index contributed by atoms with van der Waals surface area (Å²) in [6.07, 6.45) is 0.956. The molecule has 0 atom stereocenters. The van der Waals surface area contributed by atoms with Crippen LogP contribution in [0.3, 0.4) is 0 Å². The van der Waals surface area contributed by atoms with Crippen LogP contribution in [0.4, 0.5) is 5.69 Å². The average molecular weight is 398 g/mol. The Kier molecular flexibility index (Phi) is 5.78. The van der Waals surface area contributed by atoms with E-state index in [0.717, 1.165) is 61.7 Å². The Morgan fingerprint density at radius 3 is 2.75 bits per heavy atom. The van der Waals surface area contributed by atoms with Gasteiger partial charge >= 0.3 is 0 Å². The molecule has 0 saturated carbocycles. The van der Waals surface area contributed by atoms with Gasteiger partial charge in [-0.25, -0.2) is 4.98 Å². The van der Waals surface area contributed by atoms with Crippen LogP contribution in [0.15, 0.2) is 48.5 Å². The molecule has 1 aromatic heterocycles. The van der Waals surface area contributed by atoms with E-state index in [1.54, 1.807) is 0 Å². The molecule has 0 radical (unpaired) electrons. The minimum Gasteiger partial charge on any atom is -0.375 e. The predicted octanol–water partition coefficient (Wildman–Crippen LogP) is 3.36. The summed E-state index contributed by atoms with van der Waals surface area (Å²) in [4.78, 5) is 24.9. The number of nitrogens with one attached hydrogen (secondary N) is 2. The highest BCUT2D eigenvalue weighted by Crippen LogP contribution is 2.20. The second-order valence-electron chi connectivity index (χ2n) is 7.04. The van der Waals surface area contributed by atoms with Gasteiger partial charge in [0.2, 0.25) is 5.91 Å². The average Bonchev–Trinajstić information content (AvgIpc) is 2.97. The number of aromatic nitrogens is 2. The first-order chi connectivity index (χ1) is 13.7. The van der Waals surface area contributed by atoms with E-state index in [1.807, 2.05) is 53.4 Å².